The Morgan fingerprint density at radius 1 is 1.38 bits per heavy atom. The molecule has 1 aromatic rings. The van der Waals surface area contributed by atoms with Crippen molar-refractivity contribution in [2.24, 2.45) is 0 Å². The van der Waals surface area contributed by atoms with Crippen molar-refractivity contribution in [3.05, 3.63) is 28.2 Å². The largest absolute Gasteiger partial charge is 0.374 e. The molecule has 0 saturated carbocycles. The monoisotopic (exact) mass is 277 g/mol. The van der Waals surface area contributed by atoms with E-state index < -0.39 is 0 Å². The zero-order valence-electron chi connectivity index (χ0n) is 9.09. The Balaban J connectivity index is 2.76. The smallest absolute Gasteiger partial charge is 0.109 e. The van der Waals surface area contributed by atoms with E-state index in [2.05, 4.69) is 5.32 Å². The summed E-state index contributed by atoms with van der Waals surface area (Å²) in [6.45, 7) is 2.01. The van der Waals surface area contributed by atoms with E-state index >= 15 is 0 Å². The van der Waals surface area contributed by atoms with Crippen LogP contribution < -0.4 is 5.32 Å². The van der Waals surface area contributed by atoms with E-state index in [-0.39, 0.29) is 6.10 Å². The van der Waals surface area contributed by atoms with Crippen LogP contribution in [0.3, 0.4) is 0 Å². The topological polar surface area (TPSA) is 21.3 Å². The SMILES string of the molecule is CCC(OC)C(=S)Nc1cc(Cl)cc(Cl)c1. The summed E-state index contributed by atoms with van der Waals surface area (Å²) in [5.41, 5.74) is 0.776. The van der Waals surface area contributed by atoms with Crippen LogP contribution in [-0.4, -0.2) is 18.2 Å². The van der Waals surface area contributed by atoms with Gasteiger partial charge in [0.1, 0.15) is 11.1 Å². The van der Waals surface area contributed by atoms with E-state index in [1.807, 2.05) is 6.92 Å². The molecule has 0 bridgehead atoms. The maximum absolute atomic E-state index is 5.88. The third kappa shape index (κ3) is 3.91. The van der Waals surface area contributed by atoms with Crippen LogP contribution in [0.4, 0.5) is 5.69 Å². The molecule has 0 aliphatic carbocycles. The second-order valence-corrected chi connectivity index (χ2v) is 4.59. The zero-order chi connectivity index (χ0) is 12.1. The molecule has 2 nitrogen and oxygen atoms in total. The number of ether oxygens (including phenoxy) is 1. The third-order valence-electron chi connectivity index (χ3n) is 2.08. The van der Waals surface area contributed by atoms with Gasteiger partial charge in [-0.15, -0.1) is 0 Å². The van der Waals surface area contributed by atoms with Gasteiger partial charge in [-0.25, -0.2) is 0 Å². The number of hydrogen-bond acceptors (Lipinski definition) is 2. The summed E-state index contributed by atoms with van der Waals surface area (Å²) in [5.74, 6) is 0. The van der Waals surface area contributed by atoms with Gasteiger partial charge in [0.25, 0.3) is 0 Å². The molecule has 0 heterocycles. The molecule has 0 amide bonds. The van der Waals surface area contributed by atoms with Crippen molar-refractivity contribution < 1.29 is 4.74 Å². The quantitative estimate of drug-likeness (QED) is 0.836. The molecule has 0 radical (unpaired) electrons. The lowest BCUT2D eigenvalue weighted by Crippen LogP contribution is -2.26. The highest BCUT2D eigenvalue weighted by Gasteiger charge is 2.11. The van der Waals surface area contributed by atoms with Crippen LogP contribution >= 0.6 is 35.4 Å². The Hall–Kier alpha value is -0.350. The number of nitrogens with one attached hydrogen (secondary N) is 1. The minimum atomic E-state index is -0.0900. The van der Waals surface area contributed by atoms with Crippen molar-refractivity contribution in [3.63, 3.8) is 0 Å². The second-order valence-electron chi connectivity index (χ2n) is 3.28. The Morgan fingerprint density at radius 2 is 1.94 bits per heavy atom. The average Bonchev–Trinajstić information content (AvgIpc) is 2.17. The summed E-state index contributed by atoms with van der Waals surface area (Å²) in [7, 11) is 1.63. The predicted molar refractivity (Wildman–Crippen MR) is 73.8 cm³/mol. The van der Waals surface area contributed by atoms with Gasteiger partial charge in [-0.2, -0.15) is 0 Å². The molecule has 88 valence electrons. The first-order chi connectivity index (χ1) is 7.56. The fourth-order valence-electron chi connectivity index (χ4n) is 1.31. The zero-order valence-corrected chi connectivity index (χ0v) is 11.4. The van der Waals surface area contributed by atoms with Crippen molar-refractivity contribution in [2.75, 3.05) is 12.4 Å². The van der Waals surface area contributed by atoms with Gasteiger partial charge in [-0.1, -0.05) is 42.3 Å². The first kappa shape index (κ1) is 13.7. The Morgan fingerprint density at radius 3 is 2.38 bits per heavy atom. The van der Waals surface area contributed by atoms with Gasteiger partial charge < -0.3 is 10.1 Å². The second kappa shape index (κ2) is 6.40. The van der Waals surface area contributed by atoms with Crippen LogP contribution in [0, 0.1) is 0 Å². The number of halogens is 2. The van der Waals surface area contributed by atoms with Crippen molar-refractivity contribution in [1.82, 2.24) is 0 Å². The molecule has 1 atom stereocenters. The Labute approximate surface area is 111 Å². The van der Waals surface area contributed by atoms with Gasteiger partial charge in [0.15, 0.2) is 0 Å². The summed E-state index contributed by atoms with van der Waals surface area (Å²) in [6.07, 6.45) is 0.726. The van der Waals surface area contributed by atoms with Crippen LogP contribution in [0.25, 0.3) is 0 Å². The molecule has 1 rings (SSSR count). The number of anilines is 1. The molecule has 1 unspecified atom stereocenters. The molecule has 5 heteroatoms. The van der Waals surface area contributed by atoms with Gasteiger partial charge in [-0.3, -0.25) is 0 Å². The first-order valence-corrected chi connectivity index (χ1v) is 6.03. The number of rotatable bonds is 4. The van der Waals surface area contributed by atoms with Crippen LogP contribution in [-0.2, 0) is 4.74 Å². The van der Waals surface area contributed by atoms with Crippen LogP contribution in [0.1, 0.15) is 13.3 Å². The highest BCUT2D eigenvalue weighted by molar-refractivity contribution is 7.80. The van der Waals surface area contributed by atoms with E-state index in [1.54, 1.807) is 25.3 Å². The molecule has 1 N–H and O–H groups in total. The minimum Gasteiger partial charge on any atom is -0.374 e. The fraction of sp³-hybridized carbons (Fsp3) is 0.364. The minimum absolute atomic E-state index is 0.0900. The molecular formula is C11H13Cl2NOS. The van der Waals surface area contributed by atoms with Crippen LogP contribution in [0.5, 0.6) is 0 Å². The van der Waals surface area contributed by atoms with E-state index in [9.17, 15) is 0 Å². The number of hydrogen-bond donors (Lipinski definition) is 1. The van der Waals surface area contributed by atoms with Gasteiger partial charge >= 0.3 is 0 Å². The standard InChI is InChI=1S/C11H13Cl2NOS/c1-3-10(15-2)11(16)14-9-5-7(12)4-8(13)6-9/h4-6,10H,3H2,1-2H3,(H,14,16). The van der Waals surface area contributed by atoms with E-state index in [0.717, 1.165) is 12.1 Å². The van der Waals surface area contributed by atoms with E-state index in [0.29, 0.717) is 15.0 Å². The van der Waals surface area contributed by atoms with Gasteiger partial charge in [-0.05, 0) is 24.6 Å². The summed E-state index contributed by atoms with van der Waals surface area (Å²) in [5, 5.41) is 4.21. The molecule has 16 heavy (non-hydrogen) atoms. The molecule has 0 aromatic heterocycles. The molecule has 0 spiro atoms. The Kier molecular flexibility index (Phi) is 5.49. The first-order valence-electron chi connectivity index (χ1n) is 4.86. The molecule has 0 fully saturated rings. The maximum Gasteiger partial charge on any atom is 0.109 e. The van der Waals surface area contributed by atoms with E-state index in [4.69, 9.17) is 40.2 Å². The normalized spacial score (nSPS) is 12.2. The summed E-state index contributed by atoms with van der Waals surface area (Å²) < 4.78 is 5.22. The maximum atomic E-state index is 5.88. The number of methoxy groups -OCH3 is 1. The lowest BCUT2D eigenvalue weighted by molar-refractivity contribution is 0.154. The summed E-state index contributed by atoms with van der Waals surface area (Å²) in [6, 6.07) is 5.20. The van der Waals surface area contributed by atoms with Crippen LogP contribution in [0.15, 0.2) is 18.2 Å². The predicted octanol–water partition coefficient (Wildman–Crippen LogP) is 4.16. The average molecular weight is 278 g/mol. The molecule has 0 saturated heterocycles. The van der Waals surface area contributed by atoms with Crippen molar-refractivity contribution in [2.45, 2.75) is 19.4 Å². The molecule has 1 aromatic carbocycles. The number of benzene rings is 1. The highest BCUT2D eigenvalue weighted by Crippen LogP contribution is 2.22. The molecular weight excluding hydrogens is 265 g/mol. The fourth-order valence-corrected chi connectivity index (χ4v) is 2.21. The molecule has 0 aliphatic heterocycles. The Bertz CT molecular complexity index is 360. The third-order valence-corrected chi connectivity index (χ3v) is 2.88. The van der Waals surface area contributed by atoms with Gasteiger partial charge in [0.2, 0.25) is 0 Å². The van der Waals surface area contributed by atoms with Crippen LogP contribution in [0.2, 0.25) is 10.0 Å². The molecule has 0 aliphatic rings. The van der Waals surface area contributed by atoms with Gasteiger partial charge in [0, 0.05) is 22.8 Å². The lowest BCUT2D eigenvalue weighted by atomic mass is 10.2. The summed E-state index contributed by atoms with van der Waals surface area (Å²) in [4.78, 5) is 0.628. The summed E-state index contributed by atoms with van der Waals surface area (Å²) >= 11 is 17.0. The lowest BCUT2D eigenvalue weighted by Gasteiger charge is -2.16. The van der Waals surface area contributed by atoms with Gasteiger partial charge in [0.05, 0.1) is 0 Å². The van der Waals surface area contributed by atoms with Crippen molar-refractivity contribution in [3.8, 4) is 0 Å². The van der Waals surface area contributed by atoms with Crippen molar-refractivity contribution in [1.29, 1.82) is 0 Å². The highest BCUT2D eigenvalue weighted by atomic mass is 35.5. The number of thiocarbonyl (C=S) groups is 1. The van der Waals surface area contributed by atoms with Crippen molar-refractivity contribution >= 4 is 46.1 Å². The van der Waals surface area contributed by atoms with E-state index in [1.165, 1.54) is 0 Å².